The largest absolute Gasteiger partial charge is 0.382 e. The van der Waals surface area contributed by atoms with Gasteiger partial charge in [0, 0.05) is 6.42 Å². The minimum absolute atomic E-state index is 0.163. The van der Waals surface area contributed by atoms with Crippen molar-refractivity contribution in [3.8, 4) is 0 Å². The number of H-pyrrole nitrogens is 1. The summed E-state index contributed by atoms with van der Waals surface area (Å²) < 4.78 is 0. The number of imidazole rings is 1. The second-order valence-electron chi connectivity index (χ2n) is 2.70. The van der Waals surface area contributed by atoms with Crippen molar-refractivity contribution in [1.29, 1.82) is 0 Å². The summed E-state index contributed by atoms with van der Waals surface area (Å²) in [5.41, 5.74) is 12.2. The van der Waals surface area contributed by atoms with Gasteiger partial charge in [-0.2, -0.15) is 9.97 Å². The zero-order chi connectivity index (χ0) is 9.42. The number of fused-ring (bicyclic) bond motifs is 1. The molecule has 0 atom stereocenters. The molecule has 0 saturated carbocycles. The minimum atomic E-state index is 0.163. The molecule has 0 unspecified atom stereocenters. The average Bonchev–Trinajstić information content (AvgIpc) is 2.47. The topological polar surface area (TPSA) is 106 Å². The zero-order valence-electron chi connectivity index (χ0n) is 7.20. The Kier molecular flexibility index (Phi) is 1.54. The quantitative estimate of drug-likeness (QED) is 0.573. The van der Waals surface area contributed by atoms with E-state index in [0.29, 0.717) is 17.0 Å². The number of nitrogens with two attached hydrogens (primary N) is 2. The van der Waals surface area contributed by atoms with E-state index in [0.717, 1.165) is 12.2 Å². The standard InChI is InChI=1S/C7H10N6/c1-2-3-10-4-5(8)12-7(9)13-6(4)11-3/h2H2,1H3,(H5,8,9,10,11,12,13). The van der Waals surface area contributed by atoms with Gasteiger partial charge in [-0.15, -0.1) is 0 Å². The first kappa shape index (κ1) is 7.78. The summed E-state index contributed by atoms with van der Waals surface area (Å²) in [4.78, 5) is 15.0. The van der Waals surface area contributed by atoms with Crippen LogP contribution >= 0.6 is 0 Å². The van der Waals surface area contributed by atoms with Gasteiger partial charge in [-0.25, -0.2) is 4.98 Å². The number of anilines is 2. The lowest BCUT2D eigenvalue weighted by atomic mass is 10.5. The number of hydrogen-bond acceptors (Lipinski definition) is 5. The molecule has 0 amide bonds. The maximum absolute atomic E-state index is 5.61. The number of aryl methyl sites for hydroxylation is 1. The Labute approximate surface area is 74.4 Å². The van der Waals surface area contributed by atoms with Crippen LogP contribution in [0.15, 0.2) is 0 Å². The highest BCUT2D eigenvalue weighted by molar-refractivity contribution is 5.82. The van der Waals surface area contributed by atoms with Gasteiger partial charge in [0.2, 0.25) is 5.95 Å². The molecule has 0 aliphatic carbocycles. The highest BCUT2D eigenvalue weighted by Crippen LogP contribution is 2.15. The van der Waals surface area contributed by atoms with Crippen molar-refractivity contribution in [2.24, 2.45) is 0 Å². The Balaban J connectivity index is 2.75. The summed E-state index contributed by atoms with van der Waals surface area (Å²) in [7, 11) is 0. The third kappa shape index (κ3) is 1.16. The number of hydrogen-bond donors (Lipinski definition) is 3. The van der Waals surface area contributed by atoms with Crippen LogP contribution in [0.4, 0.5) is 11.8 Å². The van der Waals surface area contributed by atoms with Gasteiger partial charge in [0.25, 0.3) is 0 Å². The predicted molar refractivity (Wildman–Crippen MR) is 49.9 cm³/mol. The summed E-state index contributed by atoms with van der Waals surface area (Å²) in [5.74, 6) is 1.32. The van der Waals surface area contributed by atoms with Crippen LogP contribution in [-0.2, 0) is 6.42 Å². The van der Waals surface area contributed by atoms with Crippen molar-refractivity contribution in [2.45, 2.75) is 13.3 Å². The van der Waals surface area contributed by atoms with E-state index >= 15 is 0 Å². The summed E-state index contributed by atoms with van der Waals surface area (Å²) in [6.45, 7) is 1.99. The monoisotopic (exact) mass is 178 g/mol. The van der Waals surface area contributed by atoms with Gasteiger partial charge < -0.3 is 16.5 Å². The molecule has 2 heterocycles. The molecular formula is C7H10N6. The molecule has 0 fully saturated rings. The van der Waals surface area contributed by atoms with Crippen molar-refractivity contribution in [3.05, 3.63) is 5.82 Å². The number of nitrogens with one attached hydrogen (secondary N) is 1. The smallest absolute Gasteiger partial charge is 0.224 e. The van der Waals surface area contributed by atoms with Crippen molar-refractivity contribution < 1.29 is 0 Å². The maximum atomic E-state index is 5.61. The first-order valence-electron chi connectivity index (χ1n) is 3.98. The molecule has 0 aliphatic heterocycles. The van der Waals surface area contributed by atoms with Crippen molar-refractivity contribution in [3.63, 3.8) is 0 Å². The summed E-state index contributed by atoms with van der Waals surface area (Å²) in [5, 5.41) is 0. The number of aromatic amines is 1. The molecule has 0 aromatic carbocycles. The fourth-order valence-electron chi connectivity index (χ4n) is 1.15. The van der Waals surface area contributed by atoms with Gasteiger partial charge in [0.1, 0.15) is 11.3 Å². The molecule has 0 saturated heterocycles. The van der Waals surface area contributed by atoms with Crippen molar-refractivity contribution in [2.75, 3.05) is 11.5 Å². The van der Waals surface area contributed by atoms with Crippen LogP contribution < -0.4 is 11.5 Å². The first-order chi connectivity index (χ1) is 6.20. The summed E-state index contributed by atoms with van der Waals surface area (Å²) >= 11 is 0. The zero-order valence-corrected chi connectivity index (χ0v) is 7.20. The predicted octanol–water partition coefficient (Wildman–Crippen LogP) is 0.0797. The lowest BCUT2D eigenvalue weighted by Crippen LogP contribution is -1.99. The molecular weight excluding hydrogens is 168 g/mol. The van der Waals surface area contributed by atoms with Gasteiger partial charge in [-0.3, -0.25) is 0 Å². The molecule has 13 heavy (non-hydrogen) atoms. The number of nitrogen functional groups attached to an aromatic ring is 2. The summed E-state index contributed by atoms with van der Waals surface area (Å²) in [6, 6.07) is 0. The van der Waals surface area contributed by atoms with Crippen LogP contribution in [0.3, 0.4) is 0 Å². The Hall–Kier alpha value is -1.85. The van der Waals surface area contributed by atoms with E-state index in [2.05, 4.69) is 19.9 Å². The molecule has 0 bridgehead atoms. The van der Waals surface area contributed by atoms with Crippen LogP contribution in [0.2, 0.25) is 0 Å². The second kappa shape index (κ2) is 2.58. The Bertz CT molecular complexity index is 445. The highest BCUT2D eigenvalue weighted by Gasteiger charge is 2.07. The number of aromatic nitrogens is 4. The molecule has 2 aromatic heterocycles. The van der Waals surface area contributed by atoms with Crippen molar-refractivity contribution in [1.82, 2.24) is 19.9 Å². The van der Waals surface area contributed by atoms with Crippen LogP contribution in [0.25, 0.3) is 11.2 Å². The minimum Gasteiger partial charge on any atom is -0.382 e. The van der Waals surface area contributed by atoms with Crippen LogP contribution in [0.5, 0.6) is 0 Å². The van der Waals surface area contributed by atoms with E-state index in [4.69, 9.17) is 11.5 Å². The van der Waals surface area contributed by atoms with Crippen LogP contribution in [-0.4, -0.2) is 19.9 Å². The first-order valence-corrected chi connectivity index (χ1v) is 3.98. The number of rotatable bonds is 1. The van der Waals surface area contributed by atoms with Gasteiger partial charge in [-0.05, 0) is 0 Å². The fourth-order valence-corrected chi connectivity index (χ4v) is 1.15. The molecule has 2 aromatic rings. The summed E-state index contributed by atoms with van der Waals surface area (Å²) in [6.07, 6.45) is 0.801. The van der Waals surface area contributed by atoms with E-state index in [-0.39, 0.29) is 5.95 Å². The number of nitrogens with zero attached hydrogens (tertiary/aromatic N) is 3. The van der Waals surface area contributed by atoms with Crippen LogP contribution in [0, 0.1) is 0 Å². The molecule has 6 heteroatoms. The van der Waals surface area contributed by atoms with E-state index in [1.165, 1.54) is 0 Å². The van der Waals surface area contributed by atoms with E-state index in [1.54, 1.807) is 0 Å². The molecule has 0 radical (unpaired) electrons. The lowest BCUT2D eigenvalue weighted by Gasteiger charge is -1.93. The third-order valence-corrected chi connectivity index (χ3v) is 1.77. The normalized spacial score (nSPS) is 10.8. The second-order valence-corrected chi connectivity index (χ2v) is 2.70. The molecule has 6 nitrogen and oxygen atoms in total. The fraction of sp³-hybridized carbons (Fsp3) is 0.286. The third-order valence-electron chi connectivity index (χ3n) is 1.77. The Morgan fingerprint density at radius 2 is 2.00 bits per heavy atom. The highest BCUT2D eigenvalue weighted by atomic mass is 15.1. The van der Waals surface area contributed by atoms with Gasteiger partial charge in [-0.1, -0.05) is 6.92 Å². The Morgan fingerprint density at radius 3 is 2.69 bits per heavy atom. The van der Waals surface area contributed by atoms with E-state index < -0.39 is 0 Å². The molecule has 68 valence electrons. The molecule has 5 N–H and O–H groups in total. The SMILES string of the molecule is CCc1nc2c(N)nc(N)nc2[nH]1. The average molecular weight is 178 g/mol. The van der Waals surface area contributed by atoms with E-state index in [1.807, 2.05) is 6.92 Å². The van der Waals surface area contributed by atoms with E-state index in [9.17, 15) is 0 Å². The molecule has 0 aliphatic rings. The van der Waals surface area contributed by atoms with Crippen LogP contribution in [0.1, 0.15) is 12.7 Å². The van der Waals surface area contributed by atoms with Gasteiger partial charge in [0.05, 0.1) is 0 Å². The molecule has 0 spiro atoms. The van der Waals surface area contributed by atoms with Gasteiger partial charge in [0.15, 0.2) is 11.5 Å². The van der Waals surface area contributed by atoms with Gasteiger partial charge >= 0.3 is 0 Å². The Morgan fingerprint density at radius 1 is 1.23 bits per heavy atom. The lowest BCUT2D eigenvalue weighted by molar-refractivity contribution is 0.998. The maximum Gasteiger partial charge on any atom is 0.224 e. The van der Waals surface area contributed by atoms with Crippen molar-refractivity contribution >= 4 is 22.9 Å². The molecule has 2 rings (SSSR count).